The molecule has 0 radical (unpaired) electrons. The lowest BCUT2D eigenvalue weighted by molar-refractivity contribution is -0.131. The number of aromatic nitrogens is 1. The summed E-state index contributed by atoms with van der Waals surface area (Å²) in [4.78, 5) is 22.5. The Labute approximate surface area is 141 Å². The third-order valence-electron chi connectivity index (χ3n) is 4.44. The Morgan fingerprint density at radius 1 is 1.17 bits per heavy atom. The zero-order valence-corrected chi connectivity index (χ0v) is 14.8. The molecule has 0 aliphatic carbocycles. The maximum atomic E-state index is 12.5. The van der Waals surface area contributed by atoms with E-state index in [1.165, 1.54) is 11.1 Å². The van der Waals surface area contributed by atoms with Gasteiger partial charge in [-0.3, -0.25) is 4.79 Å². The number of hydrogen-bond acceptors (Lipinski definition) is 4. The summed E-state index contributed by atoms with van der Waals surface area (Å²) in [6.07, 6.45) is 0.471. The van der Waals surface area contributed by atoms with Crippen molar-refractivity contribution in [3.05, 3.63) is 40.4 Å². The molecule has 0 bridgehead atoms. The standard InChI is InChI=1S/C18H23N3OS/c1-13-6-4-5-7-15(13)18-19-14(2)16(23-18)12-17(22)21-10-8-20(3)9-11-21/h4-7H,8-12H2,1-3H3. The molecule has 1 aliphatic rings. The molecule has 2 heterocycles. The van der Waals surface area contributed by atoms with Gasteiger partial charge in [-0.05, 0) is 26.5 Å². The van der Waals surface area contributed by atoms with Crippen molar-refractivity contribution in [3.63, 3.8) is 0 Å². The molecule has 1 amide bonds. The Bertz CT molecular complexity index is 702. The highest BCUT2D eigenvalue weighted by Gasteiger charge is 2.21. The second-order valence-corrected chi connectivity index (χ2v) is 7.29. The second-order valence-electron chi connectivity index (χ2n) is 6.20. The van der Waals surface area contributed by atoms with E-state index in [2.05, 4.69) is 31.0 Å². The van der Waals surface area contributed by atoms with Crippen molar-refractivity contribution in [3.8, 4) is 10.6 Å². The summed E-state index contributed by atoms with van der Waals surface area (Å²) in [6, 6.07) is 8.27. The summed E-state index contributed by atoms with van der Waals surface area (Å²) in [7, 11) is 2.10. The van der Waals surface area contributed by atoms with Gasteiger partial charge in [0.25, 0.3) is 0 Å². The number of amides is 1. The number of piperazine rings is 1. The first-order chi connectivity index (χ1) is 11.0. The zero-order valence-electron chi connectivity index (χ0n) is 14.0. The van der Waals surface area contributed by atoms with Gasteiger partial charge in [-0.25, -0.2) is 4.98 Å². The van der Waals surface area contributed by atoms with Gasteiger partial charge >= 0.3 is 0 Å². The van der Waals surface area contributed by atoms with Crippen molar-refractivity contribution in [1.29, 1.82) is 0 Å². The predicted octanol–water partition coefficient (Wildman–Crippen LogP) is 2.74. The minimum Gasteiger partial charge on any atom is -0.340 e. The minimum absolute atomic E-state index is 0.223. The minimum atomic E-state index is 0.223. The Morgan fingerprint density at radius 2 is 1.87 bits per heavy atom. The number of nitrogens with zero attached hydrogens (tertiary/aromatic N) is 3. The lowest BCUT2D eigenvalue weighted by Crippen LogP contribution is -2.47. The molecule has 2 aromatic rings. The summed E-state index contributed by atoms with van der Waals surface area (Å²) in [5.41, 5.74) is 3.37. The first-order valence-electron chi connectivity index (χ1n) is 8.03. The van der Waals surface area contributed by atoms with Crippen LogP contribution in [0.1, 0.15) is 16.1 Å². The van der Waals surface area contributed by atoms with E-state index in [1.807, 2.05) is 24.0 Å². The van der Waals surface area contributed by atoms with E-state index < -0.39 is 0 Å². The molecule has 1 aliphatic heterocycles. The molecule has 23 heavy (non-hydrogen) atoms. The number of carbonyl (C=O) groups is 1. The molecule has 1 aromatic carbocycles. The molecule has 0 atom stereocenters. The van der Waals surface area contributed by atoms with Crippen LogP contribution in [0.25, 0.3) is 10.6 Å². The molecule has 4 nitrogen and oxygen atoms in total. The monoisotopic (exact) mass is 329 g/mol. The summed E-state index contributed by atoms with van der Waals surface area (Å²) < 4.78 is 0. The molecule has 0 saturated carbocycles. The molecule has 0 spiro atoms. The van der Waals surface area contributed by atoms with E-state index in [1.54, 1.807) is 11.3 Å². The van der Waals surface area contributed by atoms with Crippen LogP contribution in [0, 0.1) is 13.8 Å². The van der Waals surface area contributed by atoms with Crippen molar-refractivity contribution in [2.24, 2.45) is 0 Å². The average molecular weight is 329 g/mol. The van der Waals surface area contributed by atoms with Crippen LogP contribution in [-0.4, -0.2) is 53.9 Å². The summed E-state index contributed by atoms with van der Waals surface area (Å²) in [5.74, 6) is 0.223. The fourth-order valence-electron chi connectivity index (χ4n) is 2.83. The number of likely N-dealkylation sites (N-methyl/N-ethyl adjacent to an activating group) is 1. The van der Waals surface area contributed by atoms with Crippen LogP contribution in [0.5, 0.6) is 0 Å². The predicted molar refractivity (Wildman–Crippen MR) is 94.8 cm³/mol. The topological polar surface area (TPSA) is 36.4 Å². The lowest BCUT2D eigenvalue weighted by Gasteiger charge is -2.32. The van der Waals surface area contributed by atoms with Crippen LogP contribution in [0.3, 0.4) is 0 Å². The van der Waals surface area contributed by atoms with Gasteiger partial charge in [0.1, 0.15) is 5.01 Å². The van der Waals surface area contributed by atoms with Gasteiger partial charge in [-0.1, -0.05) is 24.3 Å². The Kier molecular flexibility index (Phi) is 4.78. The number of aryl methyl sites for hydroxylation is 2. The lowest BCUT2D eigenvalue weighted by atomic mass is 10.1. The fraction of sp³-hybridized carbons (Fsp3) is 0.444. The van der Waals surface area contributed by atoms with Crippen molar-refractivity contribution < 1.29 is 4.79 Å². The third-order valence-corrected chi connectivity index (χ3v) is 5.63. The van der Waals surface area contributed by atoms with Gasteiger partial charge in [0.2, 0.25) is 5.91 Å². The highest BCUT2D eigenvalue weighted by atomic mass is 32.1. The first kappa shape index (κ1) is 16.1. The summed E-state index contributed by atoms with van der Waals surface area (Å²) >= 11 is 1.65. The van der Waals surface area contributed by atoms with Crippen molar-refractivity contribution in [2.45, 2.75) is 20.3 Å². The molecule has 1 saturated heterocycles. The third kappa shape index (κ3) is 3.62. The van der Waals surface area contributed by atoms with Gasteiger partial charge in [0.15, 0.2) is 0 Å². The molecular formula is C18H23N3OS. The normalized spacial score (nSPS) is 15.9. The molecular weight excluding hydrogens is 306 g/mol. The zero-order chi connectivity index (χ0) is 16.4. The molecule has 5 heteroatoms. The second kappa shape index (κ2) is 6.81. The van der Waals surface area contributed by atoms with E-state index in [4.69, 9.17) is 4.98 Å². The number of benzene rings is 1. The van der Waals surface area contributed by atoms with Crippen LogP contribution >= 0.6 is 11.3 Å². The fourth-order valence-corrected chi connectivity index (χ4v) is 3.97. The van der Waals surface area contributed by atoms with Gasteiger partial charge < -0.3 is 9.80 Å². The summed E-state index contributed by atoms with van der Waals surface area (Å²) in [6.45, 7) is 7.69. The van der Waals surface area contributed by atoms with E-state index in [9.17, 15) is 4.79 Å². The molecule has 1 fully saturated rings. The first-order valence-corrected chi connectivity index (χ1v) is 8.85. The Morgan fingerprint density at radius 3 is 2.57 bits per heavy atom. The van der Waals surface area contributed by atoms with Gasteiger partial charge in [-0.2, -0.15) is 0 Å². The molecule has 122 valence electrons. The quantitative estimate of drug-likeness (QED) is 0.869. The summed E-state index contributed by atoms with van der Waals surface area (Å²) in [5, 5.41) is 1.02. The van der Waals surface area contributed by atoms with Crippen LogP contribution in [-0.2, 0) is 11.2 Å². The number of carbonyl (C=O) groups excluding carboxylic acids is 1. The van der Waals surface area contributed by atoms with Gasteiger partial charge in [-0.15, -0.1) is 11.3 Å². The van der Waals surface area contributed by atoms with Crippen molar-refractivity contribution >= 4 is 17.2 Å². The SMILES string of the molecule is Cc1ccccc1-c1nc(C)c(CC(=O)N2CCN(C)CC2)s1. The molecule has 3 rings (SSSR count). The number of rotatable bonds is 3. The molecule has 0 N–H and O–H groups in total. The van der Waals surface area contributed by atoms with E-state index in [0.29, 0.717) is 6.42 Å². The van der Waals surface area contributed by atoms with E-state index >= 15 is 0 Å². The Balaban J connectivity index is 1.74. The largest absolute Gasteiger partial charge is 0.340 e. The van der Waals surface area contributed by atoms with E-state index in [-0.39, 0.29) is 5.91 Å². The van der Waals surface area contributed by atoms with Crippen molar-refractivity contribution in [2.75, 3.05) is 33.2 Å². The number of hydrogen-bond donors (Lipinski definition) is 0. The van der Waals surface area contributed by atoms with Gasteiger partial charge in [0, 0.05) is 36.6 Å². The maximum absolute atomic E-state index is 12.5. The van der Waals surface area contributed by atoms with Crippen LogP contribution in [0.4, 0.5) is 0 Å². The highest BCUT2D eigenvalue weighted by Crippen LogP contribution is 2.30. The Hall–Kier alpha value is -1.72. The van der Waals surface area contributed by atoms with E-state index in [0.717, 1.165) is 41.8 Å². The van der Waals surface area contributed by atoms with Crippen LogP contribution < -0.4 is 0 Å². The van der Waals surface area contributed by atoms with Crippen LogP contribution in [0.15, 0.2) is 24.3 Å². The van der Waals surface area contributed by atoms with Gasteiger partial charge in [0.05, 0.1) is 12.1 Å². The highest BCUT2D eigenvalue weighted by molar-refractivity contribution is 7.15. The van der Waals surface area contributed by atoms with Crippen LogP contribution in [0.2, 0.25) is 0 Å². The average Bonchev–Trinajstić information content (AvgIpc) is 2.89. The molecule has 1 aromatic heterocycles. The maximum Gasteiger partial charge on any atom is 0.227 e. The smallest absolute Gasteiger partial charge is 0.227 e. The number of thiazole rings is 1. The molecule has 0 unspecified atom stereocenters. The van der Waals surface area contributed by atoms with Crippen molar-refractivity contribution in [1.82, 2.24) is 14.8 Å².